The minimum absolute atomic E-state index is 0.609. The molecule has 0 aliphatic rings. The summed E-state index contributed by atoms with van der Waals surface area (Å²) in [5.41, 5.74) is 1.89. The van der Waals surface area contributed by atoms with Crippen LogP contribution in [0.3, 0.4) is 0 Å². The van der Waals surface area contributed by atoms with Crippen molar-refractivity contribution in [2.24, 2.45) is 0 Å². The molecule has 0 aliphatic carbocycles. The summed E-state index contributed by atoms with van der Waals surface area (Å²) in [7, 11) is 0. The Balaban J connectivity index is 1.99. The molecule has 0 aliphatic heterocycles. The highest BCUT2D eigenvalue weighted by Gasteiger charge is 2.01. The molecule has 0 radical (unpaired) electrons. The monoisotopic (exact) mass is 218 g/mol. The first-order valence-corrected chi connectivity index (χ1v) is 5.25. The van der Waals surface area contributed by atoms with Crippen LogP contribution >= 0.6 is 0 Å². The second kappa shape index (κ2) is 4.74. The molecular formula is C11H14N4O. The molecule has 2 rings (SSSR count). The van der Waals surface area contributed by atoms with Crippen LogP contribution < -0.4 is 5.32 Å². The summed E-state index contributed by atoms with van der Waals surface area (Å²) in [6.07, 6.45) is 2.47. The third-order valence-corrected chi connectivity index (χ3v) is 2.21. The van der Waals surface area contributed by atoms with Crippen molar-refractivity contribution in [3.63, 3.8) is 0 Å². The molecule has 0 aromatic carbocycles. The molecule has 2 aromatic heterocycles. The summed E-state index contributed by atoms with van der Waals surface area (Å²) in [6.45, 7) is 4.54. The smallest absolute Gasteiger partial charge is 0.133 e. The van der Waals surface area contributed by atoms with Gasteiger partial charge in [0.2, 0.25) is 0 Å². The predicted octanol–water partition coefficient (Wildman–Crippen LogP) is 1.95. The highest BCUT2D eigenvalue weighted by Crippen LogP contribution is 2.07. The molecule has 5 heteroatoms. The molecule has 5 nitrogen and oxygen atoms in total. The van der Waals surface area contributed by atoms with Crippen LogP contribution in [-0.2, 0) is 13.0 Å². The maximum absolute atomic E-state index is 4.98. The molecule has 0 saturated heterocycles. The van der Waals surface area contributed by atoms with E-state index >= 15 is 0 Å². The van der Waals surface area contributed by atoms with Crippen LogP contribution in [0.15, 0.2) is 23.0 Å². The van der Waals surface area contributed by atoms with E-state index < -0.39 is 0 Å². The van der Waals surface area contributed by atoms with E-state index in [1.54, 1.807) is 6.33 Å². The molecule has 0 atom stereocenters. The zero-order valence-electron chi connectivity index (χ0n) is 9.40. The summed E-state index contributed by atoms with van der Waals surface area (Å²) in [5, 5.41) is 7.07. The summed E-state index contributed by atoms with van der Waals surface area (Å²) in [4.78, 5) is 8.26. The lowest BCUT2D eigenvalue weighted by atomic mass is 10.3. The van der Waals surface area contributed by atoms with Crippen molar-refractivity contribution in [3.05, 3.63) is 35.6 Å². The lowest BCUT2D eigenvalue weighted by Gasteiger charge is -2.03. The van der Waals surface area contributed by atoms with Crippen LogP contribution in [0.4, 0.5) is 5.82 Å². The van der Waals surface area contributed by atoms with Gasteiger partial charge in [-0.3, -0.25) is 0 Å². The largest absolute Gasteiger partial charge is 0.364 e. The Morgan fingerprint density at radius 2 is 2.12 bits per heavy atom. The molecule has 2 heterocycles. The van der Waals surface area contributed by atoms with Gasteiger partial charge in [-0.15, -0.1) is 0 Å². The number of hydrogen-bond acceptors (Lipinski definition) is 5. The summed E-state index contributed by atoms with van der Waals surface area (Å²) >= 11 is 0. The van der Waals surface area contributed by atoms with Crippen molar-refractivity contribution < 1.29 is 4.52 Å². The number of aryl methyl sites for hydroxylation is 2. The van der Waals surface area contributed by atoms with Crippen LogP contribution in [-0.4, -0.2) is 15.1 Å². The van der Waals surface area contributed by atoms with Gasteiger partial charge in [0.25, 0.3) is 0 Å². The van der Waals surface area contributed by atoms with Crippen molar-refractivity contribution in [1.29, 1.82) is 0 Å². The second-order valence-corrected chi connectivity index (χ2v) is 3.53. The Morgan fingerprint density at radius 3 is 2.81 bits per heavy atom. The standard InChI is InChI=1S/C11H14N4O/c1-3-9-5-11(14-7-13-9)12-6-10-4-8(2)16-15-10/h4-5,7H,3,6H2,1-2H3,(H,12,13,14). The Kier molecular flexibility index (Phi) is 3.14. The minimum atomic E-state index is 0.609. The first-order chi connectivity index (χ1) is 7.78. The minimum Gasteiger partial charge on any atom is -0.364 e. The summed E-state index contributed by atoms with van der Waals surface area (Å²) in [5.74, 6) is 1.63. The lowest BCUT2D eigenvalue weighted by Crippen LogP contribution is -2.02. The highest BCUT2D eigenvalue weighted by atomic mass is 16.5. The summed E-state index contributed by atoms with van der Waals surface area (Å²) < 4.78 is 4.98. The number of rotatable bonds is 4. The summed E-state index contributed by atoms with van der Waals surface area (Å²) in [6, 6.07) is 3.84. The molecule has 0 amide bonds. The number of hydrogen-bond donors (Lipinski definition) is 1. The Hall–Kier alpha value is -1.91. The van der Waals surface area contributed by atoms with Gasteiger partial charge in [-0.2, -0.15) is 0 Å². The van der Waals surface area contributed by atoms with Gasteiger partial charge in [-0.05, 0) is 13.3 Å². The predicted molar refractivity (Wildman–Crippen MR) is 60.0 cm³/mol. The van der Waals surface area contributed by atoms with E-state index in [1.165, 1.54) is 0 Å². The van der Waals surface area contributed by atoms with Gasteiger partial charge < -0.3 is 9.84 Å². The lowest BCUT2D eigenvalue weighted by molar-refractivity contribution is 0.391. The number of nitrogens with zero attached hydrogens (tertiary/aromatic N) is 3. The average Bonchev–Trinajstić information content (AvgIpc) is 2.73. The van der Waals surface area contributed by atoms with E-state index in [4.69, 9.17) is 4.52 Å². The van der Waals surface area contributed by atoms with Gasteiger partial charge in [0.1, 0.15) is 23.6 Å². The van der Waals surface area contributed by atoms with Crippen LogP contribution in [0, 0.1) is 6.92 Å². The maximum Gasteiger partial charge on any atom is 0.133 e. The van der Waals surface area contributed by atoms with Gasteiger partial charge in [-0.25, -0.2) is 9.97 Å². The first kappa shape index (κ1) is 10.6. The zero-order chi connectivity index (χ0) is 11.4. The van der Waals surface area contributed by atoms with Crippen molar-refractivity contribution in [3.8, 4) is 0 Å². The van der Waals surface area contributed by atoms with Crippen LogP contribution in [0.2, 0.25) is 0 Å². The first-order valence-electron chi connectivity index (χ1n) is 5.25. The number of nitrogens with one attached hydrogen (secondary N) is 1. The Bertz CT molecular complexity index is 467. The number of aromatic nitrogens is 3. The van der Waals surface area contributed by atoms with Gasteiger partial charge in [0.15, 0.2) is 0 Å². The SMILES string of the molecule is CCc1cc(NCc2cc(C)on2)ncn1. The third kappa shape index (κ3) is 2.56. The van der Waals surface area contributed by atoms with Gasteiger partial charge in [0.05, 0.1) is 6.54 Å². The quantitative estimate of drug-likeness (QED) is 0.849. The fraction of sp³-hybridized carbons (Fsp3) is 0.364. The normalized spacial score (nSPS) is 10.4. The van der Waals surface area contributed by atoms with Crippen molar-refractivity contribution in [2.45, 2.75) is 26.8 Å². The molecular weight excluding hydrogens is 204 g/mol. The molecule has 0 saturated carbocycles. The molecule has 2 aromatic rings. The van der Waals surface area contributed by atoms with Gasteiger partial charge in [0, 0.05) is 17.8 Å². The fourth-order valence-corrected chi connectivity index (χ4v) is 1.37. The van der Waals surface area contributed by atoms with Crippen LogP contribution in [0.25, 0.3) is 0 Å². The molecule has 0 spiro atoms. The maximum atomic E-state index is 4.98. The zero-order valence-corrected chi connectivity index (χ0v) is 9.40. The number of anilines is 1. The van der Waals surface area contributed by atoms with Crippen LogP contribution in [0.1, 0.15) is 24.1 Å². The van der Waals surface area contributed by atoms with E-state index in [0.29, 0.717) is 6.54 Å². The topological polar surface area (TPSA) is 63.8 Å². The van der Waals surface area contributed by atoms with Crippen molar-refractivity contribution in [2.75, 3.05) is 5.32 Å². The van der Waals surface area contributed by atoms with E-state index in [9.17, 15) is 0 Å². The van der Waals surface area contributed by atoms with Gasteiger partial charge >= 0.3 is 0 Å². The van der Waals surface area contributed by atoms with Crippen LogP contribution in [0.5, 0.6) is 0 Å². The molecule has 84 valence electrons. The van der Waals surface area contributed by atoms with Crippen molar-refractivity contribution in [1.82, 2.24) is 15.1 Å². The van der Waals surface area contributed by atoms with E-state index in [2.05, 4.69) is 27.4 Å². The molecule has 16 heavy (non-hydrogen) atoms. The van der Waals surface area contributed by atoms with Gasteiger partial charge in [-0.1, -0.05) is 12.1 Å². The van der Waals surface area contributed by atoms with E-state index in [-0.39, 0.29) is 0 Å². The van der Waals surface area contributed by atoms with E-state index in [1.807, 2.05) is 19.1 Å². The van der Waals surface area contributed by atoms with E-state index in [0.717, 1.165) is 29.4 Å². The molecule has 0 bridgehead atoms. The molecule has 0 unspecified atom stereocenters. The molecule has 0 fully saturated rings. The second-order valence-electron chi connectivity index (χ2n) is 3.53. The Morgan fingerprint density at radius 1 is 1.25 bits per heavy atom. The third-order valence-electron chi connectivity index (χ3n) is 2.21. The fourth-order valence-electron chi connectivity index (χ4n) is 1.37. The average molecular weight is 218 g/mol. The highest BCUT2D eigenvalue weighted by molar-refractivity contribution is 5.35. The van der Waals surface area contributed by atoms with Crippen molar-refractivity contribution >= 4 is 5.82 Å². The Labute approximate surface area is 93.9 Å². The molecule has 1 N–H and O–H groups in total.